The van der Waals surface area contributed by atoms with Crippen LogP contribution in [-0.4, -0.2) is 17.4 Å². The van der Waals surface area contributed by atoms with E-state index in [1.54, 1.807) is 0 Å². The van der Waals surface area contributed by atoms with Gasteiger partial charge in [-0.05, 0) is 33.1 Å². The Labute approximate surface area is 119 Å². The Morgan fingerprint density at radius 2 is 1.58 bits per heavy atom. The maximum atomic E-state index is 12.7. The van der Waals surface area contributed by atoms with Gasteiger partial charge in [-0.15, -0.1) is 0 Å². The smallest absolute Gasteiger partial charge is 0.155 e. The minimum atomic E-state index is -0.252. The number of nitrogens with one attached hydrogen (secondary N) is 1. The fourth-order valence-electron chi connectivity index (χ4n) is 3.03. The molecule has 1 aliphatic carbocycles. The fourth-order valence-corrected chi connectivity index (χ4v) is 3.03. The zero-order chi connectivity index (χ0) is 14.7. The van der Waals surface area contributed by atoms with Crippen molar-refractivity contribution in [2.24, 2.45) is 11.3 Å². The van der Waals surface area contributed by atoms with Crippen molar-refractivity contribution in [3.8, 4) is 0 Å². The van der Waals surface area contributed by atoms with Crippen LogP contribution in [0.1, 0.15) is 80.1 Å². The average Bonchev–Trinajstić information content (AvgIpc) is 2.25. The number of hydrogen-bond donors (Lipinski definition) is 1. The highest BCUT2D eigenvalue weighted by atomic mass is 16.1. The third kappa shape index (κ3) is 6.07. The number of rotatable bonds is 4. The number of ketones is 1. The highest BCUT2D eigenvalue weighted by molar-refractivity contribution is 5.88. The first kappa shape index (κ1) is 16.7. The van der Waals surface area contributed by atoms with Crippen molar-refractivity contribution in [2.75, 3.05) is 0 Å². The number of hydrogen-bond acceptors (Lipinski definition) is 2. The molecule has 112 valence electrons. The summed E-state index contributed by atoms with van der Waals surface area (Å²) < 4.78 is 0. The van der Waals surface area contributed by atoms with E-state index in [0.717, 1.165) is 12.3 Å². The van der Waals surface area contributed by atoms with Crippen LogP contribution in [0.3, 0.4) is 0 Å². The molecule has 1 aliphatic rings. The van der Waals surface area contributed by atoms with Gasteiger partial charge in [-0.25, -0.2) is 0 Å². The Bertz CT molecular complexity index is 289. The van der Waals surface area contributed by atoms with E-state index in [2.05, 4.69) is 26.1 Å². The van der Waals surface area contributed by atoms with Crippen LogP contribution in [-0.2, 0) is 4.79 Å². The van der Waals surface area contributed by atoms with Crippen molar-refractivity contribution in [3.63, 3.8) is 0 Å². The number of carbonyl (C=O) groups excluding carboxylic acids is 1. The van der Waals surface area contributed by atoms with Crippen molar-refractivity contribution < 1.29 is 4.79 Å². The lowest BCUT2D eigenvalue weighted by Gasteiger charge is -2.34. The first-order valence-corrected chi connectivity index (χ1v) is 7.91. The quantitative estimate of drug-likeness (QED) is 0.821. The molecule has 0 saturated heterocycles. The molecule has 0 heterocycles. The van der Waals surface area contributed by atoms with E-state index in [1.165, 1.54) is 32.1 Å². The first-order chi connectivity index (χ1) is 8.59. The van der Waals surface area contributed by atoms with Gasteiger partial charge in [0.1, 0.15) is 0 Å². The van der Waals surface area contributed by atoms with E-state index >= 15 is 0 Å². The summed E-state index contributed by atoms with van der Waals surface area (Å²) in [4.78, 5) is 12.7. The average molecular weight is 267 g/mol. The van der Waals surface area contributed by atoms with Crippen molar-refractivity contribution in [2.45, 2.75) is 91.6 Å². The standard InChI is InChI=1S/C17H33NO/c1-16(2,3)15(19)14(18-17(4,5)6)12-13-10-8-7-9-11-13/h13-14,18H,7-12H2,1-6H3. The molecule has 0 radical (unpaired) electrons. The molecule has 1 saturated carbocycles. The lowest BCUT2D eigenvalue weighted by molar-refractivity contribution is -0.129. The van der Waals surface area contributed by atoms with Gasteiger partial charge >= 0.3 is 0 Å². The predicted molar refractivity (Wildman–Crippen MR) is 82.3 cm³/mol. The van der Waals surface area contributed by atoms with Crippen LogP contribution in [0.4, 0.5) is 0 Å². The number of Topliss-reactive ketones (excluding diaryl/α,β-unsaturated/α-hetero) is 1. The van der Waals surface area contributed by atoms with Crippen molar-refractivity contribution in [1.82, 2.24) is 5.32 Å². The molecule has 0 aliphatic heterocycles. The maximum Gasteiger partial charge on any atom is 0.155 e. The van der Waals surface area contributed by atoms with E-state index in [9.17, 15) is 4.79 Å². The lowest BCUT2D eigenvalue weighted by Crippen LogP contribution is -2.51. The van der Waals surface area contributed by atoms with Crippen molar-refractivity contribution in [1.29, 1.82) is 0 Å². The Morgan fingerprint density at radius 1 is 1.05 bits per heavy atom. The second-order valence-corrected chi connectivity index (χ2v) is 8.30. The summed E-state index contributed by atoms with van der Waals surface area (Å²) in [6.07, 6.45) is 7.70. The molecule has 2 nitrogen and oxygen atoms in total. The maximum absolute atomic E-state index is 12.7. The van der Waals surface area contributed by atoms with Crippen LogP contribution < -0.4 is 5.32 Å². The largest absolute Gasteiger partial charge is 0.303 e. The summed E-state index contributed by atoms with van der Waals surface area (Å²) in [6, 6.07) is 0.0168. The van der Waals surface area contributed by atoms with Gasteiger partial charge < -0.3 is 5.32 Å². The van der Waals surface area contributed by atoms with Crippen LogP contribution in [0.25, 0.3) is 0 Å². The van der Waals surface area contributed by atoms with Crippen LogP contribution in [0.5, 0.6) is 0 Å². The van der Waals surface area contributed by atoms with Gasteiger partial charge in [-0.1, -0.05) is 52.9 Å². The molecule has 2 heteroatoms. The molecule has 0 spiro atoms. The van der Waals surface area contributed by atoms with E-state index in [1.807, 2.05) is 20.8 Å². The zero-order valence-corrected chi connectivity index (χ0v) is 13.8. The lowest BCUT2D eigenvalue weighted by atomic mass is 9.78. The van der Waals surface area contributed by atoms with Gasteiger partial charge in [-0.2, -0.15) is 0 Å². The predicted octanol–water partition coefficient (Wildman–Crippen LogP) is 4.33. The van der Waals surface area contributed by atoms with Gasteiger partial charge in [-0.3, -0.25) is 4.79 Å². The molecule has 0 aromatic carbocycles. The summed E-state index contributed by atoms with van der Waals surface area (Å²) in [6.45, 7) is 12.6. The van der Waals surface area contributed by atoms with Crippen LogP contribution in [0.15, 0.2) is 0 Å². The van der Waals surface area contributed by atoms with Gasteiger partial charge in [0.15, 0.2) is 5.78 Å². The fraction of sp³-hybridized carbons (Fsp3) is 0.941. The third-order valence-corrected chi connectivity index (χ3v) is 3.96. The minimum Gasteiger partial charge on any atom is -0.303 e. The summed E-state index contributed by atoms with van der Waals surface area (Å²) in [5.74, 6) is 1.10. The highest BCUT2D eigenvalue weighted by Gasteiger charge is 2.33. The molecule has 19 heavy (non-hydrogen) atoms. The second kappa shape index (κ2) is 6.39. The molecule has 1 unspecified atom stereocenters. The first-order valence-electron chi connectivity index (χ1n) is 7.91. The minimum absolute atomic E-state index is 0.000242. The van der Waals surface area contributed by atoms with Gasteiger partial charge in [0.25, 0.3) is 0 Å². The van der Waals surface area contributed by atoms with E-state index in [-0.39, 0.29) is 17.0 Å². The Morgan fingerprint density at radius 3 is 2.00 bits per heavy atom. The topological polar surface area (TPSA) is 29.1 Å². The SMILES string of the molecule is CC(C)(C)NC(CC1CCCCC1)C(=O)C(C)(C)C. The normalized spacial score (nSPS) is 20.3. The van der Waals surface area contributed by atoms with E-state index < -0.39 is 0 Å². The van der Waals surface area contributed by atoms with Crippen LogP contribution in [0.2, 0.25) is 0 Å². The van der Waals surface area contributed by atoms with Gasteiger partial charge in [0.05, 0.1) is 6.04 Å². The molecule has 1 fully saturated rings. The highest BCUT2D eigenvalue weighted by Crippen LogP contribution is 2.30. The van der Waals surface area contributed by atoms with Gasteiger partial charge in [0, 0.05) is 11.0 Å². The molecular formula is C17H33NO. The van der Waals surface area contributed by atoms with E-state index in [0.29, 0.717) is 5.78 Å². The molecule has 1 atom stereocenters. The third-order valence-electron chi connectivity index (χ3n) is 3.96. The van der Waals surface area contributed by atoms with Gasteiger partial charge in [0.2, 0.25) is 0 Å². The summed E-state index contributed by atoms with van der Waals surface area (Å²) in [5, 5.41) is 3.56. The molecule has 0 aromatic heterocycles. The molecule has 1 rings (SSSR count). The zero-order valence-electron chi connectivity index (χ0n) is 13.8. The summed E-state index contributed by atoms with van der Waals surface area (Å²) >= 11 is 0. The Balaban J connectivity index is 2.71. The summed E-state index contributed by atoms with van der Waals surface area (Å²) in [5.41, 5.74) is -0.252. The van der Waals surface area contributed by atoms with Crippen molar-refractivity contribution >= 4 is 5.78 Å². The van der Waals surface area contributed by atoms with Crippen molar-refractivity contribution in [3.05, 3.63) is 0 Å². The van der Waals surface area contributed by atoms with Crippen LogP contribution >= 0.6 is 0 Å². The van der Waals surface area contributed by atoms with Crippen LogP contribution in [0, 0.1) is 11.3 Å². The molecule has 0 aromatic rings. The Hall–Kier alpha value is -0.370. The number of carbonyl (C=O) groups is 1. The molecule has 1 N–H and O–H groups in total. The monoisotopic (exact) mass is 267 g/mol. The van der Waals surface area contributed by atoms with E-state index in [4.69, 9.17) is 0 Å². The Kier molecular flexibility index (Phi) is 5.61. The summed E-state index contributed by atoms with van der Waals surface area (Å²) in [7, 11) is 0. The molecular weight excluding hydrogens is 234 g/mol. The molecule has 0 bridgehead atoms. The molecule has 0 amide bonds. The second-order valence-electron chi connectivity index (χ2n) is 8.30.